The minimum Gasteiger partial charge on any atom is -0.493 e. The summed E-state index contributed by atoms with van der Waals surface area (Å²) < 4.78 is 12.4. The number of rotatable bonds is 8. The van der Waals surface area contributed by atoms with Gasteiger partial charge in [-0.15, -0.1) is 0 Å². The molecule has 146 valence electrons. The maximum atomic E-state index is 6.22. The lowest BCUT2D eigenvalue weighted by atomic mass is 10.2. The lowest BCUT2D eigenvalue weighted by Gasteiger charge is -2.15. The Morgan fingerprint density at radius 3 is 2.39 bits per heavy atom. The van der Waals surface area contributed by atoms with E-state index in [0.717, 1.165) is 22.1 Å². The van der Waals surface area contributed by atoms with E-state index >= 15 is 0 Å². The molecule has 0 bridgehead atoms. The number of halogens is 3. The van der Waals surface area contributed by atoms with Gasteiger partial charge in [-0.3, -0.25) is 4.98 Å². The summed E-state index contributed by atoms with van der Waals surface area (Å²) in [6, 6.07) is 13.2. The normalized spacial score (nSPS) is 10.7. The summed E-state index contributed by atoms with van der Waals surface area (Å²) in [7, 11) is 1.62. The highest BCUT2D eigenvalue weighted by atomic mass is 79.9. The molecule has 0 saturated carbocycles. The average molecular weight is 482 g/mol. The summed E-state index contributed by atoms with van der Waals surface area (Å²) >= 11 is 16.0. The number of pyridine rings is 1. The molecular weight excluding hydrogens is 463 g/mol. The number of hydrogen-bond acceptors (Lipinski definition) is 4. The Hall–Kier alpha value is -1.79. The highest BCUT2D eigenvalue weighted by Crippen LogP contribution is 2.35. The Kier molecular flexibility index (Phi) is 7.57. The smallest absolute Gasteiger partial charge is 0.162 e. The van der Waals surface area contributed by atoms with Gasteiger partial charge in [-0.1, -0.05) is 45.2 Å². The van der Waals surface area contributed by atoms with E-state index in [0.29, 0.717) is 28.1 Å². The fourth-order valence-corrected chi connectivity index (χ4v) is 3.62. The van der Waals surface area contributed by atoms with E-state index in [1.807, 2.05) is 24.3 Å². The zero-order valence-corrected chi connectivity index (χ0v) is 18.3. The molecule has 7 heteroatoms. The number of methoxy groups -OCH3 is 1. The van der Waals surface area contributed by atoms with Gasteiger partial charge in [-0.25, -0.2) is 0 Å². The fourth-order valence-electron chi connectivity index (χ4n) is 2.65. The molecule has 2 aromatic carbocycles. The van der Waals surface area contributed by atoms with Crippen LogP contribution in [0.4, 0.5) is 0 Å². The van der Waals surface area contributed by atoms with Crippen LogP contribution in [0.1, 0.15) is 16.7 Å². The van der Waals surface area contributed by atoms with Crippen molar-refractivity contribution in [3.63, 3.8) is 0 Å². The lowest BCUT2D eigenvalue weighted by molar-refractivity contribution is 0.284. The Morgan fingerprint density at radius 1 is 1.00 bits per heavy atom. The van der Waals surface area contributed by atoms with Gasteiger partial charge in [0.15, 0.2) is 11.5 Å². The van der Waals surface area contributed by atoms with E-state index in [9.17, 15) is 0 Å². The van der Waals surface area contributed by atoms with Crippen LogP contribution < -0.4 is 14.8 Å². The maximum absolute atomic E-state index is 6.22. The van der Waals surface area contributed by atoms with Crippen LogP contribution in [0.3, 0.4) is 0 Å². The highest BCUT2D eigenvalue weighted by Gasteiger charge is 2.13. The number of benzene rings is 2. The standard InChI is InChI=1S/C21H19BrCl2N2O2/c1-27-20-9-15(12-26-11-14-5-7-25-8-6-14)17(22)10-21(20)28-13-16-18(23)3-2-4-19(16)24/h2-10,26H,11-13H2,1H3. The summed E-state index contributed by atoms with van der Waals surface area (Å²) in [5.74, 6) is 1.26. The first kappa shape index (κ1) is 20.9. The van der Waals surface area contributed by atoms with Gasteiger partial charge in [-0.05, 0) is 47.5 Å². The minimum atomic E-state index is 0.251. The number of nitrogens with one attached hydrogen (secondary N) is 1. The van der Waals surface area contributed by atoms with Crippen LogP contribution in [0.2, 0.25) is 10.0 Å². The highest BCUT2D eigenvalue weighted by molar-refractivity contribution is 9.10. The Morgan fingerprint density at radius 2 is 1.71 bits per heavy atom. The molecule has 1 N–H and O–H groups in total. The van der Waals surface area contributed by atoms with Crippen molar-refractivity contribution in [3.05, 3.63) is 86.1 Å². The molecule has 0 aliphatic heterocycles. The second kappa shape index (κ2) is 10.1. The summed E-state index contributed by atoms with van der Waals surface area (Å²) in [5, 5.41) is 4.56. The van der Waals surface area contributed by atoms with Crippen LogP contribution in [-0.2, 0) is 19.7 Å². The van der Waals surface area contributed by atoms with Crippen molar-refractivity contribution in [2.24, 2.45) is 0 Å². The first-order valence-electron chi connectivity index (χ1n) is 8.60. The SMILES string of the molecule is COc1cc(CNCc2ccncc2)c(Br)cc1OCc1c(Cl)cccc1Cl. The monoisotopic (exact) mass is 480 g/mol. The van der Waals surface area contributed by atoms with Crippen molar-refractivity contribution < 1.29 is 9.47 Å². The fraction of sp³-hybridized carbons (Fsp3) is 0.190. The van der Waals surface area contributed by atoms with Crippen molar-refractivity contribution in [3.8, 4) is 11.5 Å². The molecule has 0 radical (unpaired) electrons. The molecule has 0 unspecified atom stereocenters. The third-order valence-electron chi connectivity index (χ3n) is 4.16. The first-order chi connectivity index (χ1) is 13.6. The predicted octanol–water partition coefficient (Wildman–Crippen LogP) is 6.03. The van der Waals surface area contributed by atoms with E-state index in [2.05, 4.69) is 26.2 Å². The minimum absolute atomic E-state index is 0.251. The van der Waals surface area contributed by atoms with E-state index < -0.39 is 0 Å². The molecule has 0 amide bonds. The number of nitrogens with zero attached hydrogens (tertiary/aromatic N) is 1. The third-order valence-corrected chi connectivity index (χ3v) is 5.61. The van der Waals surface area contributed by atoms with Crippen molar-refractivity contribution >= 4 is 39.1 Å². The molecule has 0 aliphatic carbocycles. The predicted molar refractivity (Wildman–Crippen MR) is 116 cm³/mol. The van der Waals surface area contributed by atoms with Crippen molar-refractivity contribution in [1.29, 1.82) is 0 Å². The zero-order chi connectivity index (χ0) is 19.9. The van der Waals surface area contributed by atoms with Gasteiger partial charge in [0.25, 0.3) is 0 Å². The number of hydrogen-bond donors (Lipinski definition) is 1. The molecule has 3 rings (SSSR count). The van der Waals surface area contributed by atoms with Crippen LogP contribution in [0.5, 0.6) is 11.5 Å². The first-order valence-corrected chi connectivity index (χ1v) is 10.1. The quantitative estimate of drug-likeness (QED) is 0.426. The third kappa shape index (κ3) is 5.39. The summed E-state index contributed by atoms with van der Waals surface area (Å²) in [6.45, 7) is 1.68. The topological polar surface area (TPSA) is 43.4 Å². The largest absolute Gasteiger partial charge is 0.493 e. The zero-order valence-electron chi connectivity index (χ0n) is 15.2. The van der Waals surface area contributed by atoms with Crippen molar-refractivity contribution in [2.45, 2.75) is 19.7 Å². The van der Waals surface area contributed by atoms with Crippen LogP contribution in [-0.4, -0.2) is 12.1 Å². The van der Waals surface area contributed by atoms with Gasteiger partial charge in [0, 0.05) is 45.6 Å². The molecule has 0 aliphatic rings. The summed E-state index contributed by atoms with van der Waals surface area (Å²) in [5.41, 5.74) is 2.98. The van der Waals surface area contributed by atoms with Gasteiger partial charge in [0.1, 0.15) is 6.61 Å². The van der Waals surface area contributed by atoms with Crippen LogP contribution in [0.25, 0.3) is 0 Å². The molecule has 1 heterocycles. The van der Waals surface area contributed by atoms with E-state index in [4.69, 9.17) is 32.7 Å². The molecule has 1 aromatic heterocycles. The van der Waals surface area contributed by atoms with E-state index in [1.54, 1.807) is 37.7 Å². The molecular formula is C21H19BrCl2N2O2. The molecule has 4 nitrogen and oxygen atoms in total. The van der Waals surface area contributed by atoms with E-state index in [1.165, 1.54) is 5.56 Å². The number of aromatic nitrogens is 1. The van der Waals surface area contributed by atoms with Crippen LogP contribution in [0.15, 0.2) is 59.3 Å². The van der Waals surface area contributed by atoms with Crippen molar-refractivity contribution in [2.75, 3.05) is 7.11 Å². The van der Waals surface area contributed by atoms with Crippen LogP contribution in [0, 0.1) is 0 Å². The van der Waals surface area contributed by atoms with Gasteiger partial charge < -0.3 is 14.8 Å². The molecule has 0 fully saturated rings. The lowest BCUT2D eigenvalue weighted by Crippen LogP contribution is -2.13. The Bertz CT molecular complexity index is 919. The van der Waals surface area contributed by atoms with Crippen LogP contribution >= 0.6 is 39.1 Å². The average Bonchev–Trinajstić information content (AvgIpc) is 2.70. The summed E-state index contributed by atoms with van der Waals surface area (Å²) in [4.78, 5) is 4.03. The summed E-state index contributed by atoms with van der Waals surface area (Å²) in [6.07, 6.45) is 3.57. The maximum Gasteiger partial charge on any atom is 0.162 e. The molecule has 0 spiro atoms. The second-order valence-electron chi connectivity index (χ2n) is 6.04. The Balaban J connectivity index is 1.68. The molecule has 28 heavy (non-hydrogen) atoms. The van der Waals surface area contributed by atoms with Gasteiger partial charge in [0.2, 0.25) is 0 Å². The van der Waals surface area contributed by atoms with Crippen molar-refractivity contribution in [1.82, 2.24) is 10.3 Å². The van der Waals surface area contributed by atoms with Gasteiger partial charge >= 0.3 is 0 Å². The van der Waals surface area contributed by atoms with Gasteiger partial charge in [-0.2, -0.15) is 0 Å². The number of ether oxygens (including phenoxy) is 2. The van der Waals surface area contributed by atoms with Gasteiger partial charge in [0.05, 0.1) is 7.11 Å². The Labute approximate surface area is 182 Å². The van der Waals surface area contributed by atoms with E-state index in [-0.39, 0.29) is 6.61 Å². The second-order valence-corrected chi connectivity index (χ2v) is 7.71. The molecule has 3 aromatic rings. The molecule has 0 saturated heterocycles. The molecule has 0 atom stereocenters.